The van der Waals surface area contributed by atoms with Crippen LogP contribution in [-0.2, 0) is 9.84 Å². The molecule has 0 aromatic heterocycles. The molecule has 1 fully saturated rings. The van der Waals surface area contributed by atoms with Gasteiger partial charge in [0.05, 0.1) is 12.4 Å². The molecule has 0 bridgehead atoms. The molecule has 3 rings (SSSR count). The van der Waals surface area contributed by atoms with Gasteiger partial charge in [-0.05, 0) is 41.8 Å². The van der Waals surface area contributed by atoms with Gasteiger partial charge in [0.15, 0.2) is 9.84 Å². The summed E-state index contributed by atoms with van der Waals surface area (Å²) in [6.45, 7) is 0.753. The zero-order chi connectivity index (χ0) is 18.0. The summed E-state index contributed by atoms with van der Waals surface area (Å²) in [5, 5.41) is -0.451. The molecule has 1 unspecified atom stereocenters. The van der Waals surface area contributed by atoms with Gasteiger partial charge in [0, 0.05) is 24.9 Å². The lowest BCUT2D eigenvalue weighted by molar-refractivity contribution is 0.0793. The summed E-state index contributed by atoms with van der Waals surface area (Å²) in [6, 6.07) is 15.1. The number of carbonyl (C=O) groups is 1. The molecule has 0 saturated carbocycles. The number of methoxy groups -OCH3 is 1. The molecular formula is C19H21NO4S. The molecule has 0 spiro atoms. The van der Waals surface area contributed by atoms with E-state index in [0.29, 0.717) is 18.5 Å². The van der Waals surface area contributed by atoms with Crippen molar-refractivity contribution in [3.63, 3.8) is 0 Å². The molecule has 5 nitrogen and oxygen atoms in total. The van der Waals surface area contributed by atoms with Gasteiger partial charge in [-0.25, -0.2) is 8.42 Å². The van der Waals surface area contributed by atoms with E-state index in [-0.39, 0.29) is 12.5 Å². The number of amides is 1. The summed E-state index contributed by atoms with van der Waals surface area (Å²) >= 11 is 0. The number of ether oxygens (including phenoxy) is 1. The first kappa shape index (κ1) is 17.5. The highest BCUT2D eigenvalue weighted by Gasteiger charge is 2.32. The van der Waals surface area contributed by atoms with Crippen LogP contribution in [0.2, 0.25) is 0 Å². The van der Waals surface area contributed by atoms with Gasteiger partial charge in [-0.15, -0.1) is 0 Å². The van der Waals surface area contributed by atoms with Crippen LogP contribution in [0.4, 0.5) is 0 Å². The minimum atomic E-state index is -3.11. The van der Waals surface area contributed by atoms with Gasteiger partial charge >= 0.3 is 0 Å². The molecule has 6 heteroatoms. The van der Waals surface area contributed by atoms with Crippen molar-refractivity contribution in [1.82, 2.24) is 4.90 Å². The Morgan fingerprint density at radius 1 is 1.12 bits per heavy atom. The average molecular weight is 359 g/mol. The molecule has 0 aliphatic carbocycles. The Bertz CT molecular complexity index is 875. The van der Waals surface area contributed by atoms with Crippen molar-refractivity contribution in [1.29, 1.82) is 0 Å². The lowest BCUT2D eigenvalue weighted by atomic mass is 10.0. The molecule has 2 aromatic carbocycles. The Labute approximate surface area is 148 Å². The maximum Gasteiger partial charge on any atom is 0.253 e. The second-order valence-electron chi connectivity index (χ2n) is 6.30. The quantitative estimate of drug-likeness (QED) is 0.842. The van der Waals surface area contributed by atoms with Crippen LogP contribution in [0, 0.1) is 0 Å². The van der Waals surface area contributed by atoms with Gasteiger partial charge in [-0.1, -0.05) is 24.3 Å². The van der Waals surface area contributed by atoms with E-state index < -0.39 is 15.1 Å². The van der Waals surface area contributed by atoms with Gasteiger partial charge in [0.2, 0.25) is 0 Å². The molecule has 1 aliphatic rings. The first-order valence-electron chi connectivity index (χ1n) is 8.11. The molecule has 132 valence electrons. The van der Waals surface area contributed by atoms with E-state index in [1.165, 1.54) is 6.26 Å². The van der Waals surface area contributed by atoms with Crippen LogP contribution in [0.1, 0.15) is 16.8 Å². The lowest BCUT2D eigenvalue weighted by Crippen LogP contribution is -2.31. The second-order valence-corrected chi connectivity index (χ2v) is 8.63. The fraction of sp³-hybridized carbons (Fsp3) is 0.316. The Morgan fingerprint density at radius 3 is 2.44 bits per heavy atom. The minimum Gasteiger partial charge on any atom is -0.497 e. The average Bonchev–Trinajstić information content (AvgIpc) is 3.12. The van der Waals surface area contributed by atoms with Gasteiger partial charge in [-0.3, -0.25) is 4.79 Å². The van der Waals surface area contributed by atoms with E-state index in [1.54, 1.807) is 24.1 Å². The fourth-order valence-corrected chi connectivity index (χ4v) is 4.04. The SMILES string of the molecule is COc1cccc(-c2ccc(C(=O)N3CCC(S(C)(=O)=O)C3)cc2)c1. The zero-order valence-electron chi connectivity index (χ0n) is 14.3. The van der Waals surface area contributed by atoms with E-state index in [2.05, 4.69) is 0 Å². The molecule has 0 N–H and O–H groups in total. The molecule has 0 radical (unpaired) electrons. The molecule has 1 aliphatic heterocycles. The first-order valence-corrected chi connectivity index (χ1v) is 10.1. The van der Waals surface area contributed by atoms with E-state index in [0.717, 1.165) is 16.9 Å². The highest BCUT2D eigenvalue weighted by Crippen LogP contribution is 2.25. The van der Waals surface area contributed by atoms with Crippen molar-refractivity contribution in [2.24, 2.45) is 0 Å². The van der Waals surface area contributed by atoms with Gasteiger partial charge in [0.25, 0.3) is 5.91 Å². The standard InChI is InChI=1S/C19H21NO4S/c1-24-17-5-3-4-16(12-17)14-6-8-15(9-7-14)19(21)20-11-10-18(13-20)25(2,22)23/h3-9,12,18H,10-11,13H2,1-2H3. The monoisotopic (exact) mass is 359 g/mol. The number of hydrogen-bond acceptors (Lipinski definition) is 4. The van der Waals surface area contributed by atoms with Crippen molar-refractivity contribution in [3.8, 4) is 16.9 Å². The van der Waals surface area contributed by atoms with Crippen molar-refractivity contribution >= 4 is 15.7 Å². The number of nitrogens with zero attached hydrogens (tertiary/aromatic N) is 1. The number of sulfone groups is 1. The third-order valence-corrected chi connectivity index (χ3v) is 6.17. The number of likely N-dealkylation sites (tertiary alicyclic amines) is 1. The molecule has 25 heavy (non-hydrogen) atoms. The van der Waals surface area contributed by atoms with Crippen molar-refractivity contribution in [2.75, 3.05) is 26.5 Å². The van der Waals surface area contributed by atoms with E-state index in [1.807, 2.05) is 36.4 Å². The lowest BCUT2D eigenvalue weighted by Gasteiger charge is -2.16. The van der Waals surface area contributed by atoms with Crippen LogP contribution >= 0.6 is 0 Å². The van der Waals surface area contributed by atoms with Crippen LogP contribution in [0.15, 0.2) is 48.5 Å². The maximum absolute atomic E-state index is 12.6. The highest BCUT2D eigenvalue weighted by atomic mass is 32.2. The van der Waals surface area contributed by atoms with Crippen LogP contribution < -0.4 is 4.74 Å². The number of rotatable bonds is 4. The maximum atomic E-state index is 12.6. The summed E-state index contributed by atoms with van der Waals surface area (Å²) in [5.41, 5.74) is 2.57. The number of carbonyl (C=O) groups excluding carboxylic acids is 1. The van der Waals surface area contributed by atoms with Gasteiger partial charge < -0.3 is 9.64 Å². The number of benzene rings is 2. The summed E-state index contributed by atoms with van der Waals surface area (Å²) in [5.74, 6) is 0.657. The predicted molar refractivity (Wildman–Crippen MR) is 97.6 cm³/mol. The largest absolute Gasteiger partial charge is 0.497 e. The van der Waals surface area contributed by atoms with Gasteiger partial charge in [0.1, 0.15) is 5.75 Å². The van der Waals surface area contributed by atoms with Crippen molar-refractivity contribution in [3.05, 3.63) is 54.1 Å². The van der Waals surface area contributed by atoms with Crippen LogP contribution in [-0.4, -0.2) is 50.9 Å². The normalized spacial score (nSPS) is 17.5. The van der Waals surface area contributed by atoms with Crippen LogP contribution in [0.25, 0.3) is 11.1 Å². The summed E-state index contributed by atoms with van der Waals surface area (Å²) in [4.78, 5) is 14.2. The Balaban J connectivity index is 1.75. The summed E-state index contributed by atoms with van der Waals surface area (Å²) < 4.78 is 28.5. The predicted octanol–water partition coefficient (Wildman–Crippen LogP) is 2.62. The third kappa shape index (κ3) is 3.85. The van der Waals surface area contributed by atoms with E-state index >= 15 is 0 Å². The molecule has 1 saturated heterocycles. The van der Waals surface area contributed by atoms with Crippen LogP contribution in [0.3, 0.4) is 0 Å². The van der Waals surface area contributed by atoms with Crippen LogP contribution in [0.5, 0.6) is 5.75 Å². The van der Waals surface area contributed by atoms with Crippen molar-refractivity contribution < 1.29 is 17.9 Å². The van der Waals surface area contributed by atoms with E-state index in [4.69, 9.17) is 4.74 Å². The summed E-state index contributed by atoms with van der Waals surface area (Å²) in [6.07, 6.45) is 1.74. The Kier molecular flexibility index (Phi) is 4.81. The third-order valence-electron chi connectivity index (χ3n) is 4.57. The number of hydrogen-bond donors (Lipinski definition) is 0. The second kappa shape index (κ2) is 6.88. The van der Waals surface area contributed by atoms with Crippen molar-refractivity contribution in [2.45, 2.75) is 11.7 Å². The first-order chi connectivity index (χ1) is 11.9. The molecule has 1 amide bonds. The topological polar surface area (TPSA) is 63.7 Å². The Morgan fingerprint density at radius 2 is 1.84 bits per heavy atom. The smallest absolute Gasteiger partial charge is 0.253 e. The fourth-order valence-electron chi connectivity index (χ4n) is 3.05. The molecule has 1 atom stereocenters. The minimum absolute atomic E-state index is 0.122. The molecule has 1 heterocycles. The molecule has 2 aromatic rings. The van der Waals surface area contributed by atoms with E-state index in [9.17, 15) is 13.2 Å². The van der Waals surface area contributed by atoms with Gasteiger partial charge in [-0.2, -0.15) is 0 Å². The highest BCUT2D eigenvalue weighted by molar-refractivity contribution is 7.91. The Hall–Kier alpha value is -2.34. The summed E-state index contributed by atoms with van der Waals surface area (Å²) in [7, 11) is -1.48. The molecular weight excluding hydrogens is 338 g/mol. The zero-order valence-corrected chi connectivity index (χ0v) is 15.1.